The van der Waals surface area contributed by atoms with Gasteiger partial charge in [0.05, 0.1) is 18.1 Å². The highest BCUT2D eigenvalue weighted by molar-refractivity contribution is 6.05. The molecule has 5 aromatic rings. The van der Waals surface area contributed by atoms with Gasteiger partial charge in [-0.1, -0.05) is 66.7 Å². The minimum atomic E-state index is -0.496. The predicted octanol–water partition coefficient (Wildman–Crippen LogP) is 2.96. The van der Waals surface area contributed by atoms with Crippen molar-refractivity contribution in [1.29, 1.82) is 0 Å². The number of carbonyl (C=O) groups excluding carboxylic acids is 1. The van der Waals surface area contributed by atoms with E-state index in [9.17, 15) is 14.4 Å². The van der Waals surface area contributed by atoms with Gasteiger partial charge >= 0.3 is 5.69 Å². The van der Waals surface area contributed by atoms with E-state index in [1.54, 1.807) is 7.05 Å². The lowest BCUT2D eigenvalue weighted by molar-refractivity contribution is -0.133. The van der Waals surface area contributed by atoms with Crippen LogP contribution in [0.1, 0.15) is 23.6 Å². The highest BCUT2D eigenvalue weighted by Crippen LogP contribution is 2.33. The molecule has 3 aromatic carbocycles. The lowest BCUT2D eigenvalue weighted by Gasteiger charge is -2.22. The van der Waals surface area contributed by atoms with E-state index in [1.165, 1.54) is 27.5 Å². The summed E-state index contributed by atoms with van der Waals surface area (Å²) in [7, 11) is 2.96. The molecule has 6 rings (SSSR count). The number of nitrogens with zero attached hydrogens (tertiary/aromatic N) is 6. The molecule has 1 amide bonds. The Hall–Kier alpha value is -4.79. The first-order chi connectivity index (χ1) is 17.9. The van der Waals surface area contributed by atoms with Crippen molar-refractivity contribution in [3.05, 3.63) is 111 Å². The van der Waals surface area contributed by atoms with Crippen molar-refractivity contribution < 1.29 is 4.79 Å². The van der Waals surface area contributed by atoms with Gasteiger partial charge in [0.2, 0.25) is 0 Å². The SMILES string of the molecule is Cn1c(=O)c2c(ncn2CC(=O)N2N=C(c3ccc4ccccc4c3)C[C@H]2c2ccccc2)n(C)c1=O. The maximum Gasteiger partial charge on any atom is 0.332 e. The van der Waals surface area contributed by atoms with Crippen LogP contribution in [0.2, 0.25) is 0 Å². The molecule has 0 unspecified atom stereocenters. The quantitative estimate of drug-likeness (QED) is 0.386. The molecule has 0 saturated heterocycles. The van der Waals surface area contributed by atoms with Gasteiger partial charge in [-0.15, -0.1) is 0 Å². The van der Waals surface area contributed by atoms with Crippen LogP contribution in [-0.4, -0.2) is 35.3 Å². The molecule has 0 radical (unpaired) electrons. The van der Waals surface area contributed by atoms with Crippen LogP contribution >= 0.6 is 0 Å². The molecule has 1 aliphatic rings. The van der Waals surface area contributed by atoms with E-state index < -0.39 is 11.2 Å². The number of carbonyl (C=O) groups is 1. The summed E-state index contributed by atoms with van der Waals surface area (Å²) in [6, 6.07) is 23.8. The molecule has 37 heavy (non-hydrogen) atoms. The molecule has 0 N–H and O–H groups in total. The van der Waals surface area contributed by atoms with Gasteiger partial charge in [-0.2, -0.15) is 5.10 Å². The van der Waals surface area contributed by atoms with E-state index in [-0.39, 0.29) is 29.7 Å². The highest BCUT2D eigenvalue weighted by Gasteiger charge is 2.33. The molecule has 1 aliphatic heterocycles. The average Bonchev–Trinajstić information content (AvgIpc) is 3.56. The normalized spacial score (nSPS) is 15.5. The zero-order chi connectivity index (χ0) is 25.7. The van der Waals surface area contributed by atoms with E-state index >= 15 is 0 Å². The van der Waals surface area contributed by atoms with E-state index in [1.807, 2.05) is 48.5 Å². The topological polar surface area (TPSA) is 94.5 Å². The van der Waals surface area contributed by atoms with Crippen LogP contribution in [0.15, 0.2) is 93.8 Å². The number of fused-ring (bicyclic) bond motifs is 2. The summed E-state index contributed by atoms with van der Waals surface area (Å²) in [6.07, 6.45) is 1.99. The van der Waals surface area contributed by atoms with E-state index in [4.69, 9.17) is 5.10 Å². The van der Waals surface area contributed by atoms with Crippen molar-refractivity contribution in [3.8, 4) is 0 Å². The first-order valence-electron chi connectivity index (χ1n) is 12.0. The number of hydrazone groups is 1. The van der Waals surface area contributed by atoms with Crippen LogP contribution in [0.25, 0.3) is 21.9 Å². The molecule has 0 saturated carbocycles. The van der Waals surface area contributed by atoms with Crippen molar-refractivity contribution >= 4 is 33.6 Å². The summed E-state index contributed by atoms with van der Waals surface area (Å²) in [5, 5.41) is 8.54. The minimum absolute atomic E-state index is 0.137. The minimum Gasteiger partial charge on any atom is -0.315 e. The fourth-order valence-electron chi connectivity index (χ4n) is 4.95. The van der Waals surface area contributed by atoms with Gasteiger partial charge < -0.3 is 4.57 Å². The lowest BCUT2D eigenvalue weighted by atomic mass is 9.97. The van der Waals surface area contributed by atoms with Crippen LogP contribution in [-0.2, 0) is 25.4 Å². The number of benzene rings is 3. The lowest BCUT2D eigenvalue weighted by Crippen LogP contribution is -2.38. The molecule has 3 heterocycles. The summed E-state index contributed by atoms with van der Waals surface area (Å²) < 4.78 is 3.81. The van der Waals surface area contributed by atoms with Crippen LogP contribution < -0.4 is 11.2 Å². The summed E-state index contributed by atoms with van der Waals surface area (Å²) >= 11 is 0. The van der Waals surface area contributed by atoms with Gasteiger partial charge in [0.25, 0.3) is 11.5 Å². The first kappa shape index (κ1) is 22.7. The monoisotopic (exact) mass is 492 g/mol. The Bertz CT molecular complexity index is 1830. The number of hydrogen-bond acceptors (Lipinski definition) is 5. The number of aryl methyl sites for hydroxylation is 1. The molecular weight excluding hydrogens is 468 g/mol. The van der Waals surface area contributed by atoms with E-state index in [0.29, 0.717) is 6.42 Å². The number of aromatic nitrogens is 4. The molecule has 9 heteroatoms. The fourth-order valence-corrected chi connectivity index (χ4v) is 4.95. The Morgan fingerprint density at radius 1 is 0.919 bits per heavy atom. The standard InChI is InChI=1S/C28H24N6O3/c1-31-26-25(27(36)32(2)28(31)37)33(17-29-26)16-24(35)34-23(19-9-4-3-5-10-19)15-22(30-34)21-13-12-18-8-6-7-11-20(18)14-21/h3-14,17,23H,15-16H2,1-2H3/t23-/m0/s1. The van der Waals surface area contributed by atoms with Crippen LogP contribution in [0.3, 0.4) is 0 Å². The number of imidazole rings is 1. The Kier molecular flexibility index (Phi) is 5.33. The molecule has 9 nitrogen and oxygen atoms in total. The number of hydrogen-bond donors (Lipinski definition) is 0. The van der Waals surface area contributed by atoms with E-state index in [0.717, 1.165) is 32.2 Å². The van der Waals surface area contributed by atoms with Gasteiger partial charge in [0.15, 0.2) is 11.2 Å². The van der Waals surface area contributed by atoms with Crippen LogP contribution in [0.5, 0.6) is 0 Å². The van der Waals surface area contributed by atoms with Gasteiger partial charge in [-0.25, -0.2) is 14.8 Å². The molecule has 0 spiro atoms. The summed E-state index contributed by atoms with van der Waals surface area (Å²) in [4.78, 5) is 43.0. The number of amides is 1. The Balaban J connectivity index is 1.40. The second-order valence-electron chi connectivity index (χ2n) is 9.23. The van der Waals surface area contributed by atoms with Gasteiger partial charge in [0.1, 0.15) is 6.54 Å². The number of rotatable bonds is 4. The Labute approximate surface area is 211 Å². The average molecular weight is 493 g/mol. The third kappa shape index (κ3) is 3.76. The van der Waals surface area contributed by atoms with Crippen molar-refractivity contribution in [1.82, 2.24) is 23.7 Å². The van der Waals surface area contributed by atoms with Crippen molar-refractivity contribution in [2.75, 3.05) is 0 Å². The molecule has 2 aromatic heterocycles. The van der Waals surface area contributed by atoms with Gasteiger partial charge in [0, 0.05) is 20.5 Å². The molecule has 0 bridgehead atoms. The molecular formula is C28H24N6O3. The van der Waals surface area contributed by atoms with Crippen molar-refractivity contribution in [2.45, 2.75) is 19.0 Å². The van der Waals surface area contributed by atoms with Crippen LogP contribution in [0, 0.1) is 0 Å². The Morgan fingerprint density at radius 2 is 1.65 bits per heavy atom. The zero-order valence-electron chi connectivity index (χ0n) is 20.4. The summed E-state index contributed by atoms with van der Waals surface area (Å²) in [5.74, 6) is -0.278. The zero-order valence-corrected chi connectivity index (χ0v) is 20.4. The van der Waals surface area contributed by atoms with Crippen molar-refractivity contribution in [2.24, 2.45) is 19.2 Å². The maximum absolute atomic E-state index is 13.7. The summed E-state index contributed by atoms with van der Waals surface area (Å²) in [5.41, 5.74) is 2.24. The molecule has 184 valence electrons. The fraction of sp³-hybridized carbons (Fsp3) is 0.179. The predicted molar refractivity (Wildman–Crippen MR) is 141 cm³/mol. The third-order valence-electron chi connectivity index (χ3n) is 6.96. The van der Waals surface area contributed by atoms with E-state index in [2.05, 4.69) is 29.2 Å². The molecule has 0 aliphatic carbocycles. The Morgan fingerprint density at radius 3 is 2.43 bits per heavy atom. The van der Waals surface area contributed by atoms with Gasteiger partial charge in [-0.05, 0) is 28.0 Å². The second kappa shape index (κ2) is 8.70. The molecule has 0 fully saturated rings. The third-order valence-corrected chi connectivity index (χ3v) is 6.96. The smallest absolute Gasteiger partial charge is 0.315 e. The largest absolute Gasteiger partial charge is 0.332 e. The second-order valence-corrected chi connectivity index (χ2v) is 9.23. The summed E-state index contributed by atoms with van der Waals surface area (Å²) in [6.45, 7) is -0.137. The highest BCUT2D eigenvalue weighted by atomic mass is 16.2. The van der Waals surface area contributed by atoms with Crippen molar-refractivity contribution in [3.63, 3.8) is 0 Å². The molecule has 1 atom stereocenters. The van der Waals surface area contributed by atoms with Gasteiger partial charge in [-0.3, -0.25) is 18.7 Å². The van der Waals surface area contributed by atoms with Crippen LogP contribution in [0.4, 0.5) is 0 Å². The maximum atomic E-state index is 13.7. The first-order valence-corrected chi connectivity index (χ1v) is 12.0.